The van der Waals surface area contributed by atoms with Gasteiger partial charge >= 0.3 is 0 Å². The molecule has 5 atom stereocenters. The first-order valence-electron chi connectivity index (χ1n) is 20.3. The number of aryl methyl sites for hydroxylation is 1. The monoisotopic (exact) mass is 738 g/mol. The molecule has 1 unspecified atom stereocenters. The van der Waals surface area contributed by atoms with Crippen molar-refractivity contribution in [2.45, 2.75) is 95.3 Å². The molecule has 2 saturated heterocycles. The number of ether oxygens (including phenoxy) is 1. The van der Waals surface area contributed by atoms with Crippen molar-refractivity contribution >= 4 is 17.5 Å². The molecule has 286 valence electrons. The summed E-state index contributed by atoms with van der Waals surface area (Å²) in [5.74, 6) is 1.69. The van der Waals surface area contributed by atoms with E-state index >= 15 is 0 Å². The van der Waals surface area contributed by atoms with E-state index in [1.165, 1.54) is 22.3 Å². The Balaban J connectivity index is 0.803. The van der Waals surface area contributed by atoms with E-state index in [-0.39, 0.29) is 17.7 Å². The first-order valence-corrected chi connectivity index (χ1v) is 20.3. The van der Waals surface area contributed by atoms with Gasteiger partial charge in [-0.25, -0.2) is 0 Å². The summed E-state index contributed by atoms with van der Waals surface area (Å²) in [6.45, 7) is 12.7. The minimum absolute atomic E-state index is 0.0507. The van der Waals surface area contributed by atoms with E-state index in [4.69, 9.17) is 4.74 Å². The number of carbonyl (C=O) groups is 2. The van der Waals surface area contributed by atoms with Crippen LogP contribution in [0.15, 0.2) is 103 Å². The van der Waals surface area contributed by atoms with Gasteiger partial charge in [-0.15, -0.1) is 0 Å². The first kappa shape index (κ1) is 36.9. The van der Waals surface area contributed by atoms with E-state index in [0.29, 0.717) is 55.3 Å². The smallest absolute Gasteiger partial charge is 0.255 e. The van der Waals surface area contributed by atoms with Crippen LogP contribution in [-0.2, 0) is 17.8 Å². The number of piperazine rings is 1. The summed E-state index contributed by atoms with van der Waals surface area (Å²) in [6.07, 6.45) is 6.61. The number of phenolic OH excluding ortho intramolecular Hbond substituents is 1. The van der Waals surface area contributed by atoms with Gasteiger partial charge in [-0.3, -0.25) is 14.5 Å². The molecule has 55 heavy (non-hydrogen) atoms. The third kappa shape index (κ3) is 7.75. The summed E-state index contributed by atoms with van der Waals surface area (Å²) in [7, 11) is 0. The Kier molecular flexibility index (Phi) is 10.7. The Labute approximate surface area is 325 Å². The van der Waals surface area contributed by atoms with Gasteiger partial charge in [0.15, 0.2) is 0 Å². The van der Waals surface area contributed by atoms with Crippen molar-refractivity contribution in [3.63, 3.8) is 0 Å². The zero-order chi connectivity index (χ0) is 38.1. The number of benzene rings is 4. The lowest BCUT2D eigenvalue weighted by Gasteiger charge is -2.45. The highest BCUT2D eigenvalue weighted by molar-refractivity contribution is 6.01. The van der Waals surface area contributed by atoms with Gasteiger partial charge in [0.05, 0.1) is 6.61 Å². The van der Waals surface area contributed by atoms with Crippen LogP contribution < -0.4 is 15.0 Å². The second kappa shape index (κ2) is 16.0. The Morgan fingerprint density at radius 3 is 2.42 bits per heavy atom. The molecule has 0 spiro atoms. The van der Waals surface area contributed by atoms with Crippen molar-refractivity contribution in [3.05, 3.63) is 137 Å². The number of unbranched alkanes of at least 4 members (excludes halogenated alkanes) is 2. The van der Waals surface area contributed by atoms with Crippen molar-refractivity contribution in [2.24, 2.45) is 0 Å². The topological polar surface area (TPSA) is 85.4 Å². The summed E-state index contributed by atoms with van der Waals surface area (Å²) in [6, 6.07) is 31.9. The number of allylic oxidation sites excluding steroid dienone is 1. The number of piperidine rings is 1. The van der Waals surface area contributed by atoms with Crippen LogP contribution in [-0.4, -0.2) is 71.1 Å². The standard InChI is InChI=1S/C47H54N4O4/c1-31-12-23-44(46(53)48-31)51-30-37-26-38(16-21-43(37)47(51)54)50-29-32(2)49(28-33(50)3)24-8-5-9-25-55-40-18-13-35(14-19-40)45-41(34-10-6-4-7-11-34)20-15-36-27-39(52)17-22-42(36)45/h4,6-7,10-11,13-14,16-19,21-22,26-27,32-33,41,44-45,52H,1,5,8-9,12,15,20,23-25,28-30H2,2-3H3,(H,48,53)/t32-,33+,41+,44?,45-/m0/s1. The SMILES string of the molecule is C=C1CCC(N2Cc3cc(N4C[C@H](C)N(CCCCCOc5ccc([C@@H]6c7ccc(O)cc7CC[C@@H]6c6ccccc6)cc5)C[C@H]4C)ccc3C2=O)C(=O)N1. The first-order chi connectivity index (χ1) is 26.7. The average Bonchev–Trinajstić information content (AvgIpc) is 3.52. The Bertz CT molecular complexity index is 2030. The van der Waals surface area contributed by atoms with Crippen molar-refractivity contribution in [3.8, 4) is 11.5 Å². The lowest BCUT2D eigenvalue weighted by Crippen LogP contribution is -2.56. The molecule has 8 nitrogen and oxygen atoms in total. The van der Waals surface area contributed by atoms with E-state index in [0.717, 1.165) is 74.4 Å². The fourth-order valence-electron chi connectivity index (χ4n) is 9.52. The normalized spacial score (nSPS) is 24.0. The van der Waals surface area contributed by atoms with Crippen LogP contribution in [0.5, 0.6) is 11.5 Å². The Morgan fingerprint density at radius 1 is 0.800 bits per heavy atom. The number of anilines is 1. The van der Waals surface area contributed by atoms with E-state index in [2.05, 4.69) is 108 Å². The molecule has 4 aromatic carbocycles. The van der Waals surface area contributed by atoms with Gasteiger partial charge in [-0.1, -0.05) is 55.1 Å². The molecule has 3 aliphatic heterocycles. The summed E-state index contributed by atoms with van der Waals surface area (Å²) < 4.78 is 6.23. The number of carbonyl (C=O) groups excluding carboxylic acids is 2. The molecule has 4 aliphatic rings. The van der Waals surface area contributed by atoms with Crippen molar-refractivity contribution < 1.29 is 19.4 Å². The third-order valence-corrected chi connectivity index (χ3v) is 12.5. The lowest BCUT2D eigenvalue weighted by atomic mass is 9.69. The minimum Gasteiger partial charge on any atom is -0.508 e. The number of aromatic hydroxyl groups is 1. The number of rotatable bonds is 11. The van der Waals surface area contributed by atoms with Crippen LogP contribution in [0.1, 0.15) is 102 Å². The molecule has 0 bridgehead atoms. The van der Waals surface area contributed by atoms with Crippen LogP contribution in [0.2, 0.25) is 0 Å². The molecule has 0 radical (unpaired) electrons. The summed E-state index contributed by atoms with van der Waals surface area (Å²) in [4.78, 5) is 32.7. The lowest BCUT2D eigenvalue weighted by molar-refractivity contribution is -0.126. The summed E-state index contributed by atoms with van der Waals surface area (Å²) in [5, 5.41) is 13.0. The number of fused-ring (bicyclic) bond motifs is 2. The zero-order valence-corrected chi connectivity index (χ0v) is 32.3. The van der Waals surface area contributed by atoms with Gasteiger partial charge in [0.2, 0.25) is 5.91 Å². The van der Waals surface area contributed by atoms with Crippen LogP contribution in [0.3, 0.4) is 0 Å². The summed E-state index contributed by atoms with van der Waals surface area (Å²) in [5.41, 5.74) is 8.80. The van der Waals surface area contributed by atoms with Crippen LogP contribution >= 0.6 is 0 Å². The largest absolute Gasteiger partial charge is 0.508 e. The molecule has 4 aromatic rings. The van der Waals surface area contributed by atoms with Gasteiger partial charge in [0, 0.05) is 54.6 Å². The second-order valence-electron chi connectivity index (χ2n) is 16.2. The molecule has 2 fully saturated rings. The maximum atomic E-state index is 13.3. The fourth-order valence-corrected chi connectivity index (χ4v) is 9.52. The van der Waals surface area contributed by atoms with E-state index < -0.39 is 6.04 Å². The van der Waals surface area contributed by atoms with Crippen LogP contribution in [0.4, 0.5) is 5.69 Å². The highest BCUT2D eigenvalue weighted by Crippen LogP contribution is 2.47. The number of phenols is 1. The fraction of sp³-hybridized carbons (Fsp3) is 0.404. The number of amides is 2. The number of hydrogen-bond donors (Lipinski definition) is 2. The van der Waals surface area contributed by atoms with Gasteiger partial charge in [-0.2, -0.15) is 0 Å². The quantitative estimate of drug-likeness (QED) is 0.151. The zero-order valence-electron chi connectivity index (χ0n) is 32.3. The third-order valence-electron chi connectivity index (χ3n) is 12.5. The maximum absolute atomic E-state index is 13.3. The molecule has 8 rings (SSSR count). The maximum Gasteiger partial charge on any atom is 0.255 e. The van der Waals surface area contributed by atoms with E-state index in [1.54, 1.807) is 4.90 Å². The molecule has 0 saturated carbocycles. The predicted octanol–water partition coefficient (Wildman–Crippen LogP) is 8.15. The Hall–Kier alpha value is -5.08. The number of nitrogens with zero attached hydrogens (tertiary/aromatic N) is 3. The van der Waals surface area contributed by atoms with Gasteiger partial charge in [0.1, 0.15) is 17.5 Å². The van der Waals surface area contributed by atoms with E-state index in [9.17, 15) is 14.7 Å². The average molecular weight is 739 g/mol. The molecule has 1 aliphatic carbocycles. The van der Waals surface area contributed by atoms with Crippen molar-refractivity contribution in [2.75, 3.05) is 31.1 Å². The van der Waals surface area contributed by atoms with Crippen molar-refractivity contribution in [1.82, 2.24) is 15.1 Å². The van der Waals surface area contributed by atoms with Gasteiger partial charge in [0.25, 0.3) is 5.91 Å². The molecular formula is C47H54N4O4. The minimum atomic E-state index is -0.438. The molecular weight excluding hydrogens is 685 g/mol. The predicted molar refractivity (Wildman–Crippen MR) is 218 cm³/mol. The van der Waals surface area contributed by atoms with E-state index in [1.807, 2.05) is 18.2 Å². The summed E-state index contributed by atoms with van der Waals surface area (Å²) >= 11 is 0. The second-order valence-corrected chi connectivity index (χ2v) is 16.2. The van der Waals surface area contributed by atoms with Crippen LogP contribution in [0.25, 0.3) is 0 Å². The molecule has 3 heterocycles. The number of nitrogens with one attached hydrogen (secondary N) is 1. The molecule has 2 amide bonds. The Morgan fingerprint density at radius 2 is 1.62 bits per heavy atom. The van der Waals surface area contributed by atoms with Crippen LogP contribution in [0, 0.1) is 0 Å². The van der Waals surface area contributed by atoms with Gasteiger partial charge < -0.3 is 25.0 Å². The molecule has 0 aromatic heterocycles. The number of hydrogen-bond acceptors (Lipinski definition) is 6. The highest BCUT2D eigenvalue weighted by Gasteiger charge is 2.39. The highest BCUT2D eigenvalue weighted by atomic mass is 16.5. The molecule has 2 N–H and O–H groups in total. The van der Waals surface area contributed by atoms with Crippen molar-refractivity contribution in [1.29, 1.82) is 0 Å². The molecule has 8 heteroatoms. The van der Waals surface area contributed by atoms with Gasteiger partial charge in [-0.05, 0) is 142 Å².